The van der Waals surface area contributed by atoms with Crippen LogP contribution in [0.5, 0.6) is 0 Å². The molecule has 0 radical (unpaired) electrons. The maximum absolute atomic E-state index is 10.4. The van der Waals surface area contributed by atoms with Crippen molar-refractivity contribution in [3.63, 3.8) is 0 Å². The SMILES string of the molecule is CN1C2CCC1CC(C(O)Cc1ccccn1)C2. The second-order valence-electron chi connectivity index (χ2n) is 5.87. The Morgan fingerprint density at radius 1 is 1.33 bits per heavy atom. The summed E-state index contributed by atoms with van der Waals surface area (Å²) in [6.45, 7) is 0. The summed E-state index contributed by atoms with van der Waals surface area (Å²) in [4.78, 5) is 6.83. The Morgan fingerprint density at radius 2 is 2.06 bits per heavy atom. The van der Waals surface area contributed by atoms with Gasteiger partial charge in [0, 0.05) is 30.4 Å². The third-order valence-corrected chi connectivity index (χ3v) is 4.82. The Morgan fingerprint density at radius 3 is 2.67 bits per heavy atom. The molecule has 3 unspecified atom stereocenters. The van der Waals surface area contributed by atoms with Gasteiger partial charge in [-0.25, -0.2) is 0 Å². The molecule has 2 fully saturated rings. The number of rotatable bonds is 3. The lowest BCUT2D eigenvalue weighted by Gasteiger charge is -2.38. The lowest BCUT2D eigenvalue weighted by Crippen LogP contribution is -2.43. The molecule has 0 amide bonds. The molecule has 3 nitrogen and oxygen atoms in total. The number of fused-ring (bicyclic) bond motifs is 2. The zero-order chi connectivity index (χ0) is 12.5. The summed E-state index contributed by atoms with van der Waals surface area (Å²) in [5.41, 5.74) is 1.01. The number of pyridine rings is 1. The fourth-order valence-corrected chi connectivity index (χ4v) is 3.67. The molecule has 2 aliphatic heterocycles. The van der Waals surface area contributed by atoms with Gasteiger partial charge in [0.1, 0.15) is 0 Å². The van der Waals surface area contributed by atoms with Crippen LogP contribution in [0.2, 0.25) is 0 Å². The predicted molar refractivity (Wildman–Crippen MR) is 71.2 cm³/mol. The van der Waals surface area contributed by atoms with Gasteiger partial charge in [-0.1, -0.05) is 6.07 Å². The van der Waals surface area contributed by atoms with Crippen molar-refractivity contribution in [1.29, 1.82) is 0 Å². The van der Waals surface area contributed by atoms with E-state index >= 15 is 0 Å². The quantitative estimate of drug-likeness (QED) is 0.884. The van der Waals surface area contributed by atoms with E-state index in [0.29, 0.717) is 24.4 Å². The summed E-state index contributed by atoms with van der Waals surface area (Å²) in [5, 5.41) is 10.4. The molecule has 0 aliphatic carbocycles. The first-order valence-electron chi connectivity index (χ1n) is 7.04. The number of aliphatic hydroxyl groups is 1. The molecular weight excluding hydrogens is 224 g/mol. The lowest BCUT2D eigenvalue weighted by molar-refractivity contribution is 0.0363. The molecule has 1 N–H and O–H groups in total. The molecule has 3 heteroatoms. The average Bonchev–Trinajstić information content (AvgIpc) is 2.63. The standard InChI is InChI=1S/C15H22N2O/c1-17-13-5-6-14(17)9-11(8-13)15(18)10-12-4-2-3-7-16-12/h2-4,7,11,13-15,18H,5-6,8-10H2,1H3. The molecule has 3 atom stereocenters. The van der Waals surface area contributed by atoms with Crippen LogP contribution in [0.25, 0.3) is 0 Å². The van der Waals surface area contributed by atoms with E-state index in [1.54, 1.807) is 6.20 Å². The first kappa shape index (κ1) is 12.1. The molecule has 1 aromatic rings. The minimum absolute atomic E-state index is 0.225. The summed E-state index contributed by atoms with van der Waals surface area (Å²) < 4.78 is 0. The summed E-state index contributed by atoms with van der Waals surface area (Å²) in [6, 6.07) is 7.32. The van der Waals surface area contributed by atoms with Crippen LogP contribution in [0.1, 0.15) is 31.4 Å². The van der Waals surface area contributed by atoms with Crippen LogP contribution >= 0.6 is 0 Å². The first-order valence-corrected chi connectivity index (χ1v) is 7.04. The fourth-order valence-electron chi connectivity index (χ4n) is 3.67. The van der Waals surface area contributed by atoms with Crippen molar-refractivity contribution in [1.82, 2.24) is 9.88 Å². The molecule has 0 saturated carbocycles. The highest BCUT2D eigenvalue weighted by atomic mass is 16.3. The second-order valence-corrected chi connectivity index (χ2v) is 5.87. The van der Waals surface area contributed by atoms with E-state index < -0.39 is 0 Å². The summed E-state index contributed by atoms with van der Waals surface area (Å²) in [5.74, 6) is 0.459. The zero-order valence-electron chi connectivity index (χ0n) is 11.0. The van der Waals surface area contributed by atoms with E-state index in [9.17, 15) is 5.11 Å². The van der Waals surface area contributed by atoms with Gasteiger partial charge in [0.2, 0.25) is 0 Å². The van der Waals surface area contributed by atoms with Crippen LogP contribution in [0, 0.1) is 5.92 Å². The molecule has 18 heavy (non-hydrogen) atoms. The monoisotopic (exact) mass is 246 g/mol. The fraction of sp³-hybridized carbons (Fsp3) is 0.667. The number of aliphatic hydroxyl groups excluding tert-OH is 1. The highest BCUT2D eigenvalue weighted by Gasteiger charge is 2.40. The normalized spacial score (nSPS) is 33.6. The van der Waals surface area contributed by atoms with Gasteiger partial charge in [-0.05, 0) is 50.8 Å². The van der Waals surface area contributed by atoms with Crippen LogP contribution in [-0.4, -0.2) is 40.2 Å². The molecule has 0 spiro atoms. The van der Waals surface area contributed by atoms with Gasteiger partial charge >= 0.3 is 0 Å². The van der Waals surface area contributed by atoms with Crippen LogP contribution in [-0.2, 0) is 6.42 Å². The third kappa shape index (κ3) is 2.29. The predicted octanol–water partition coefficient (Wildman–Crippen LogP) is 1.86. The molecule has 2 saturated heterocycles. The molecule has 0 aromatic carbocycles. The minimum atomic E-state index is -0.225. The van der Waals surface area contributed by atoms with E-state index in [0.717, 1.165) is 18.5 Å². The topological polar surface area (TPSA) is 36.4 Å². The molecule has 3 rings (SSSR count). The van der Waals surface area contributed by atoms with E-state index in [1.807, 2.05) is 18.2 Å². The van der Waals surface area contributed by atoms with Crippen LogP contribution in [0.3, 0.4) is 0 Å². The van der Waals surface area contributed by atoms with Crippen molar-refractivity contribution >= 4 is 0 Å². The third-order valence-electron chi connectivity index (χ3n) is 4.82. The second kappa shape index (κ2) is 4.98. The first-order chi connectivity index (χ1) is 8.74. The Balaban J connectivity index is 1.62. The van der Waals surface area contributed by atoms with E-state index in [1.165, 1.54) is 12.8 Å². The smallest absolute Gasteiger partial charge is 0.0624 e. The number of aromatic nitrogens is 1. The summed E-state index contributed by atoms with van der Waals surface area (Å²) in [6.07, 6.45) is 7.22. The summed E-state index contributed by atoms with van der Waals surface area (Å²) >= 11 is 0. The van der Waals surface area contributed by atoms with Gasteiger partial charge in [0.25, 0.3) is 0 Å². The molecule has 3 heterocycles. The van der Waals surface area contributed by atoms with Crippen molar-refractivity contribution in [3.05, 3.63) is 30.1 Å². The lowest BCUT2D eigenvalue weighted by atomic mass is 9.85. The van der Waals surface area contributed by atoms with Crippen molar-refractivity contribution in [2.45, 2.75) is 50.3 Å². The molecule has 2 aliphatic rings. The van der Waals surface area contributed by atoms with Crippen LogP contribution < -0.4 is 0 Å². The highest BCUT2D eigenvalue weighted by Crippen LogP contribution is 2.39. The Labute approximate surface area is 109 Å². The molecule has 98 valence electrons. The van der Waals surface area contributed by atoms with E-state index in [-0.39, 0.29) is 6.10 Å². The Bertz CT molecular complexity index is 381. The van der Waals surface area contributed by atoms with Gasteiger partial charge in [-0.2, -0.15) is 0 Å². The molecular formula is C15H22N2O. The van der Waals surface area contributed by atoms with Gasteiger partial charge in [-0.3, -0.25) is 4.98 Å². The number of nitrogens with zero attached hydrogens (tertiary/aromatic N) is 2. The number of hydrogen-bond donors (Lipinski definition) is 1. The zero-order valence-corrected chi connectivity index (χ0v) is 11.0. The van der Waals surface area contributed by atoms with E-state index in [2.05, 4.69) is 16.9 Å². The minimum Gasteiger partial charge on any atom is -0.392 e. The average molecular weight is 246 g/mol. The van der Waals surface area contributed by atoms with Crippen molar-refractivity contribution in [2.24, 2.45) is 5.92 Å². The van der Waals surface area contributed by atoms with E-state index in [4.69, 9.17) is 0 Å². The maximum atomic E-state index is 10.4. The largest absolute Gasteiger partial charge is 0.392 e. The molecule has 2 bridgehead atoms. The van der Waals surface area contributed by atoms with Gasteiger partial charge in [0.15, 0.2) is 0 Å². The van der Waals surface area contributed by atoms with Crippen molar-refractivity contribution < 1.29 is 5.11 Å². The highest BCUT2D eigenvalue weighted by molar-refractivity contribution is 5.06. The Kier molecular flexibility index (Phi) is 3.35. The maximum Gasteiger partial charge on any atom is 0.0624 e. The summed E-state index contributed by atoms with van der Waals surface area (Å²) in [7, 11) is 2.24. The number of piperidine rings is 1. The van der Waals surface area contributed by atoms with Crippen LogP contribution in [0.15, 0.2) is 24.4 Å². The Hall–Kier alpha value is -0.930. The van der Waals surface area contributed by atoms with Crippen molar-refractivity contribution in [2.75, 3.05) is 7.05 Å². The molecule has 1 aromatic heterocycles. The van der Waals surface area contributed by atoms with Gasteiger partial charge < -0.3 is 10.0 Å². The number of hydrogen-bond acceptors (Lipinski definition) is 3. The van der Waals surface area contributed by atoms with Crippen LogP contribution in [0.4, 0.5) is 0 Å². The van der Waals surface area contributed by atoms with Gasteiger partial charge in [0.05, 0.1) is 6.10 Å². The van der Waals surface area contributed by atoms with Gasteiger partial charge in [-0.15, -0.1) is 0 Å². The van der Waals surface area contributed by atoms with Crippen molar-refractivity contribution in [3.8, 4) is 0 Å².